The van der Waals surface area contributed by atoms with Crippen molar-refractivity contribution in [1.82, 2.24) is 34.5 Å². The van der Waals surface area contributed by atoms with Crippen molar-refractivity contribution in [3.63, 3.8) is 0 Å². The zero-order valence-electron chi connectivity index (χ0n) is 27.4. The molecule has 24 nitrogen and oxygen atoms in total. The summed E-state index contributed by atoms with van der Waals surface area (Å²) in [5.41, 5.74) is 6.47. The van der Waals surface area contributed by atoms with Crippen LogP contribution in [-0.2, 0) is 33.4 Å². The fraction of sp³-hybridized carbons (Fsp3) is 0.444. The number of rotatable bonds is 13. The van der Waals surface area contributed by atoms with Crippen LogP contribution >= 0.6 is 15.6 Å². The first-order valence-electron chi connectivity index (χ1n) is 15.6. The SMILES string of the molecule is Cc1cc2nc3c(=O)[nH]c(=O)[nH]c3[n+](C[C@H](O)[C@H](O)[C@H](O)COP(=O)(O)OP(=O)(O)OC[C@@H]3[C@@H](O)[C@]4(O)[C@H](n5cnc6c(N)ncnc65)[O+]34)c2cc1C. The van der Waals surface area contributed by atoms with E-state index in [0.29, 0.717) is 11.0 Å². The van der Waals surface area contributed by atoms with Crippen LogP contribution in [0.1, 0.15) is 17.4 Å². The van der Waals surface area contributed by atoms with E-state index in [0.717, 1.165) is 17.5 Å². The second-order valence-corrected chi connectivity index (χ2v) is 15.6. The van der Waals surface area contributed by atoms with Crippen molar-refractivity contribution >= 4 is 54.8 Å². The summed E-state index contributed by atoms with van der Waals surface area (Å²) in [7, 11) is -10.9. The highest BCUT2D eigenvalue weighted by Crippen LogP contribution is 2.68. The number of imidazole rings is 1. The molecule has 0 saturated carbocycles. The van der Waals surface area contributed by atoms with Gasteiger partial charge < -0.3 is 45.4 Å². The molecule has 0 aliphatic carbocycles. The molecule has 5 aromatic rings. The number of aryl methyl sites for hydroxylation is 2. The Morgan fingerprint density at radius 1 is 1.04 bits per heavy atom. The molecular weight excluding hydrogens is 752 g/mol. The van der Waals surface area contributed by atoms with Crippen molar-refractivity contribution in [1.29, 1.82) is 0 Å². The maximum atomic E-state index is 12.6. The predicted molar refractivity (Wildman–Crippen MR) is 175 cm³/mol. The topological polar surface area (TPSA) is 358 Å². The number of aliphatic hydroxyl groups is 5. The van der Waals surface area contributed by atoms with E-state index in [2.05, 4.69) is 43.1 Å². The highest BCUT2D eigenvalue weighted by molar-refractivity contribution is 7.61. The average Bonchev–Trinajstić information content (AvgIpc) is 3.36. The Morgan fingerprint density at radius 3 is 2.47 bits per heavy atom. The molecule has 2 aliphatic heterocycles. The Balaban J connectivity index is 0.972. The fourth-order valence-corrected chi connectivity index (χ4v) is 8.38. The Kier molecular flexibility index (Phi) is 9.14. The molecule has 2 aliphatic rings. The van der Waals surface area contributed by atoms with Crippen molar-refractivity contribution < 1.29 is 66.7 Å². The molecule has 2 unspecified atom stereocenters. The molecule has 6 heterocycles. The number of aliphatic hydroxyl groups excluding tert-OH is 4. The lowest BCUT2D eigenvalue weighted by Gasteiger charge is -2.29. The van der Waals surface area contributed by atoms with Crippen LogP contribution in [0.5, 0.6) is 0 Å². The van der Waals surface area contributed by atoms with E-state index < -0.39 is 89.2 Å². The van der Waals surface area contributed by atoms with Crippen LogP contribution < -0.4 is 21.5 Å². The molecule has 2 fully saturated rings. The molecule has 0 radical (unpaired) electrons. The lowest BCUT2D eigenvalue weighted by atomic mass is 10.0. The third-order valence-electron chi connectivity index (χ3n) is 9.11. The average molecular weight is 786 g/mol. The van der Waals surface area contributed by atoms with Crippen molar-refractivity contribution in [3.8, 4) is 0 Å². The van der Waals surface area contributed by atoms with Gasteiger partial charge in [-0.2, -0.15) is 9.29 Å². The van der Waals surface area contributed by atoms with Gasteiger partial charge in [0.15, 0.2) is 17.0 Å². The number of epoxide rings is 1. The van der Waals surface area contributed by atoms with Crippen LogP contribution in [-0.4, -0.2) is 119 Å². The fourth-order valence-electron chi connectivity index (χ4n) is 6.28. The third-order valence-corrected chi connectivity index (χ3v) is 11.7. The number of benzene rings is 1. The highest BCUT2D eigenvalue weighted by Gasteiger charge is 2.93. The molecule has 284 valence electrons. The van der Waals surface area contributed by atoms with E-state index >= 15 is 0 Å². The largest absolute Gasteiger partial charge is 0.481 e. The summed E-state index contributed by atoms with van der Waals surface area (Å²) < 4.78 is 43.7. The van der Waals surface area contributed by atoms with Crippen molar-refractivity contribution in [2.75, 3.05) is 18.9 Å². The normalized spacial score (nSPS) is 25.4. The van der Waals surface area contributed by atoms with Gasteiger partial charge in [0, 0.05) is 0 Å². The molecule has 1 aromatic carbocycles. The second-order valence-electron chi connectivity index (χ2n) is 12.5. The lowest BCUT2D eigenvalue weighted by Crippen LogP contribution is -2.55. The van der Waals surface area contributed by atoms with Gasteiger partial charge in [0.25, 0.3) is 5.56 Å². The number of hydrogen-bond acceptors (Lipinski definition) is 17. The quantitative estimate of drug-likeness (QED) is 0.0186. The number of hydrogen-bond donors (Lipinski definition) is 10. The van der Waals surface area contributed by atoms with Crippen LogP contribution in [0.2, 0.25) is 0 Å². The molecular formula is C27H33N9O15P2+2. The Morgan fingerprint density at radius 2 is 1.74 bits per heavy atom. The van der Waals surface area contributed by atoms with E-state index in [1.54, 1.807) is 26.0 Å². The zero-order valence-corrected chi connectivity index (χ0v) is 29.2. The van der Waals surface area contributed by atoms with E-state index in [9.17, 15) is 54.0 Å². The highest BCUT2D eigenvalue weighted by atomic mass is 31.3. The first-order chi connectivity index (χ1) is 24.8. The summed E-state index contributed by atoms with van der Waals surface area (Å²) >= 11 is 0. The summed E-state index contributed by atoms with van der Waals surface area (Å²) in [4.78, 5) is 65.6. The van der Waals surface area contributed by atoms with Crippen LogP contribution in [0.25, 0.3) is 33.4 Å². The maximum Gasteiger partial charge on any atom is 0.481 e. The van der Waals surface area contributed by atoms with Gasteiger partial charge in [0.2, 0.25) is 17.7 Å². The number of nitrogens with zero attached hydrogens (tertiary/aromatic N) is 6. The van der Waals surface area contributed by atoms with Crippen LogP contribution in [0.3, 0.4) is 0 Å². The van der Waals surface area contributed by atoms with Gasteiger partial charge in [-0.1, -0.05) is 0 Å². The molecule has 9 atom stereocenters. The minimum Gasteiger partial charge on any atom is -0.388 e. The van der Waals surface area contributed by atoms with Gasteiger partial charge >= 0.3 is 39.0 Å². The van der Waals surface area contributed by atoms with Crippen LogP contribution in [0.15, 0.2) is 34.4 Å². The van der Waals surface area contributed by atoms with Crippen molar-refractivity contribution in [2.45, 2.75) is 62.9 Å². The first kappa shape index (κ1) is 37.2. The summed E-state index contributed by atoms with van der Waals surface area (Å²) in [6.45, 7) is 1.02. The van der Waals surface area contributed by atoms with Gasteiger partial charge in [-0.25, -0.2) is 43.0 Å². The minimum atomic E-state index is -5.51. The number of nitrogens with two attached hydrogens (primary N) is 1. The minimum absolute atomic E-state index is 0.0652. The number of phosphoric acid groups is 2. The van der Waals surface area contributed by atoms with E-state index in [4.69, 9.17) is 10.3 Å². The van der Waals surface area contributed by atoms with E-state index in [-0.39, 0.29) is 28.1 Å². The monoisotopic (exact) mass is 785 g/mol. The number of fused-ring (bicyclic) bond motifs is 4. The van der Waals surface area contributed by atoms with Crippen molar-refractivity contribution in [2.24, 2.45) is 0 Å². The molecule has 0 bridgehead atoms. The van der Waals surface area contributed by atoms with E-state index in [1.165, 1.54) is 15.5 Å². The molecule has 11 N–H and O–H groups in total. The van der Waals surface area contributed by atoms with Gasteiger partial charge in [-0.05, 0) is 37.1 Å². The molecule has 53 heavy (non-hydrogen) atoms. The number of aromatic amines is 2. The summed E-state index contributed by atoms with van der Waals surface area (Å²) in [5, 5.41) is 53.5. The number of anilines is 1. The van der Waals surface area contributed by atoms with Crippen LogP contribution in [0, 0.1) is 13.8 Å². The Bertz CT molecular complexity index is 2500. The molecule has 7 rings (SSSR count). The third kappa shape index (κ3) is 6.46. The maximum absolute atomic E-state index is 12.6. The Labute approximate surface area is 294 Å². The standard InChI is InChI=1S/C27H31N9O15P2/c1-10-3-12-13(4-11(10)2)35(23-18(32-12)24(41)34-26(42)33-23)5-14(37)19(39)15(38)6-48-52(44,45)50-53(46,47)49-7-16-20(40)27(43)25(51(16)27)36-9-31-17-21(28)29-8-30-22(17)36/h3-4,8-9,14-16,19-20,25,37-40,43H,5-7H2,1-2H3,(H4-,28,29,30,34,41,42,44,45,46,47)/p+2/t14-,15+,16+,19-,20+,25+,27+/m0/s1. The first-order valence-corrected chi connectivity index (χ1v) is 18.5. The summed E-state index contributed by atoms with van der Waals surface area (Å²) in [6.07, 6.45) is -7.34. The number of phosphoric ester groups is 2. The summed E-state index contributed by atoms with van der Waals surface area (Å²) in [6, 6.07) is 3.34. The van der Waals surface area contributed by atoms with Crippen molar-refractivity contribution in [3.05, 3.63) is 56.8 Å². The zero-order chi connectivity index (χ0) is 38.4. The summed E-state index contributed by atoms with van der Waals surface area (Å²) in [5.74, 6) is -1.82. The van der Waals surface area contributed by atoms with Gasteiger partial charge in [-0.15, -0.1) is 0 Å². The predicted octanol–water partition coefficient (Wildman–Crippen LogP) is -3.08. The van der Waals surface area contributed by atoms with Gasteiger partial charge in [-0.3, -0.25) is 18.8 Å². The van der Waals surface area contributed by atoms with E-state index in [1.807, 2.05) is 0 Å². The molecule has 2 saturated heterocycles. The lowest BCUT2D eigenvalue weighted by molar-refractivity contribution is -0.657. The Hall–Kier alpha value is -4.13. The van der Waals surface area contributed by atoms with Gasteiger partial charge in [0.05, 0.1) is 6.61 Å². The molecule has 26 heteroatoms. The molecule has 0 spiro atoms. The molecule has 4 aromatic heterocycles. The number of H-pyrrole nitrogens is 2. The molecule has 0 amide bonds. The number of nitrogens with one attached hydrogen (secondary N) is 2. The second kappa shape index (κ2) is 13.0. The smallest absolute Gasteiger partial charge is 0.388 e. The number of aromatic nitrogens is 8. The van der Waals surface area contributed by atoms with Crippen LogP contribution in [0.4, 0.5) is 5.82 Å². The number of nitrogen functional groups attached to an aromatic ring is 1. The van der Waals surface area contributed by atoms with Gasteiger partial charge in [0.1, 0.15) is 55.2 Å².